The zero-order chi connectivity index (χ0) is 24.5. The van der Waals surface area contributed by atoms with E-state index in [0.717, 1.165) is 22.3 Å². The van der Waals surface area contributed by atoms with Crippen LogP contribution in [0.15, 0.2) is 48.7 Å². The first-order valence-electron chi connectivity index (χ1n) is 11.4. The zero-order valence-electron chi connectivity index (χ0n) is 19.3. The third-order valence-corrected chi connectivity index (χ3v) is 6.42. The summed E-state index contributed by atoms with van der Waals surface area (Å²) in [5.74, 6) is -1.19. The number of nitrogens with one attached hydrogen (secondary N) is 2. The van der Waals surface area contributed by atoms with Crippen molar-refractivity contribution >= 4 is 35.1 Å². The average molecular weight is 472 g/mol. The van der Waals surface area contributed by atoms with E-state index in [-0.39, 0.29) is 18.2 Å². The van der Waals surface area contributed by atoms with Crippen molar-refractivity contribution in [2.75, 3.05) is 31.6 Å². The number of ether oxygens (including phenoxy) is 1. The summed E-state index contributed by atoms with van der Waals surface area (Å²) < 4.78 is 5.34. The highest BCUT2D eigenvalue weighted by Crippen LogP contribution is 2.40. The van der Waals surface area contributed by atoms with Crippen LogP contribution >= 0.6 is 0 Å². The Bertz CT molecular complexity index is 1360. The summed E-state index contributed by atoms with van der Waals surface area (Å²) in [5.41, 5.74) is 6.30. The average Bonchev–Trinajstić information content (AvgIpc) is 3.38. The van der Waals surface area contributed by atoms with E-state index in [2.05, 4.69) is 10.3 Å². The summed E-state index contributed by atoms with van der Waals surface area (Å²) in [5, 5.41) is 12.1. The largest absolute Gasteiger partial charge is 0.481 e. The van der Waals surface area contributed by atoms with Gasteiger partial charge in [0.05, 0.1) is 30.8 Å². The predicted molar refractivity (Wildman–Crippen MR) is 132 cm³/mol. The van der Waals surface area contributed by atoms with Crippen LogP contribution in [0, 0.1) is 6.92 Å². The molecule has 0 unspecified atom stereocenters. The molecule has 3 N–H and O–H groups in total. The van der Waals surface area contributed by atoms with Gasteiger partial charge in [-0.25, -0.2) is 0 Å². The second kappa shape index (κ2) is 9.23. The van der Waals surface area contributed by atoms with Gasteiger partial charge in [-0.05, 0) is 41.3 Å². The number of nitrogens with zero attached hydrogens (tertiary/aromatic N) is 1. The van der Waals surface area contributed by atoms with Crippen LogP contribution in [0.3, 0.4) is 0 Å². The number of hydrogen-bond acceptors (Lipinski definition) is 4. The number of fused-ring (bicyclic) bond motifs is 1. The smallest absolute Gasteiger partial charge is 0.307 e. The maximum absolute atomic E-state index is 13.0. The topological polar surface area (TPSA) is 112 Å². The molecule has 2 aromatic carbocycles. The van der Waals surface area contributed by atoms with Crippen molar-refractivity contribution in [3.8, 4) is 11.1 Å². The number of aromatic amines is 1. The Labute approximate surface area is 202 Å². The lowest BCUT2D eigenvalue weighted by molar-refractivity contribution is -0.136. The normalized spacial score (nSPS) is 16.3. The van der Waals surface area contributed by atoms with Crippen molar-refractivity contribution in [2.24, 2.45) is 0 Å². The Morgan fingerprint density at radius 2 is 1.91 bits per heavy atom. The summed E-state index contributed by atoms with van der Waals surface area (Å²) in [6.07, 6.45) is 3.39. The molecule has 0 aliphatic carbocycles. The van der Waals surface area contributed by atoms with Crippen molar-refractivity contribution in [2.45, 2.75) is 13.3 Å². The Morgan fingerprint density at radius 3 is 2.69 bits per heavy atom. The maximum Gasteiger partial charge on any atom is 0.307 e. The highest BCUT2D eigenvalue weighted by atomic mass is 16.5. The summed E-state index contributed by atoms with van der Waals surface area (Å²) in [7, 11) is 0. The minimum atomic E-state index is -0.900. The molecular weight excluding hydrogens is 446 g/mol. The SMILES string of the molecule is Cc1c(C(=O)N2CCOCC2)c[nH]c1C=C1C(=O)Nc2cccc(-c3cccc(CC(=O)O)c3)c21. The highest BCUT2D eigenvalue weighted by molar-refractivity contribution is 6.36. The quantitative estimate of drug-likeness (QED) is 0.493. The van der Waals surface area contributed by atoms with Crippen LogP contribution in [0.2, 0.25) is 0 Å². The van der Waals surface area contributed by atoms with E-state index in [1.807, 2.05) is 43.3 Å². The number of aliphatic carboxylic acids is 1. The molecule has 2 aliphatic heterocycles. The van der Waals surface area contributed by atoms with Crippen LogP contribution in [0.1, 0.15) is 32.7 Å². The van der Waals surface area contributed by atoms with Crippen LogP contribution in [0.4, 0.5) is 5.69 Å². The summed E-state index contributed by atoms with van der Waals surface area (Å²) in [6.45, 7) is 4.03. The lowest BCUT2D eigenvalue weighted by Crippen LogP contribution is -2.40. The molecule has 2 aliphatic rings. The van der Waals surface area contributed by atoms with E-state index in [9.17, 15) is 19.5 Å². The molecular formula is C27H25N3O5. The monoisotopic (exact) mass is 471 g/mol. The molecule has 1 saturated heterocycles. The number of anilines is 1. The van der Waals surface area contributed by atoms with Gasteiger partial charge in [0.25, 0.3) is 11.8 Å². The van der Waals surface area contributed by atoms with E-state index in [4.69, 9.17) is 4.74 Å². The molecule has 0 saturated carbocycles. The predicted octanol–water partition coefficient (Wildman–Crippen LogP) is 3.58. The Hall–Kier alpha value is -4.17. The van der Waals surface area contributed by atoms with E-state index < -0.39 is 5.97 Å². The standard InChI is InChI=1S/C27H25N3O5/c1-16-21(27(34)30-8-10-35-11-9-30)15-28-23(16)14-20-25-19(6-3-7-22(25)29-26(20)33)18-5-2-4-17(12-18)13-24(31)32/h2-7,12,14-15,28H,8-11,13H2,1H3,(H,29,33)(H,31,32). The van der Waals surface area contributed by atoms with Crippen molar-refractivity contribution in [1.82, 2.24) is 9.88 Å². The number of rotatable bonds is 5. The zero-order valence-corrected chi connectivity index (χ0v) is 19.3. The first-order chi connectivity index (χ1) is 16.9. The molecule has 5 rings (SSSR count). The Balaban J connectivity index is 1.53. The van der Waals surface area contributed by atoms with Crippen molar-refractivity contribution in [1.29, 1.82) is 0 Å². The first-order valence-corrected chi connectivity index (χ1v) is 11.4. The number of morpholine rings is 1. The van der Waals surface area contributed by atoms with Crippen molar-refractivity contribution in [3.05, 3.63) is 76.6 Å². The fraction of sp³-hybridized carbons (Fsp3) is 0.222. The van der Waals surface area contributed by atoms with Crippen LogP contribution < -0.4 is 5.32 Å². The minimum absolute atomic E-state index is 0.0566. The van der Waals surface area contributed by atoms with Gasteiger partial charge in [-0.15, -0.1) is 0 Å². The number of carboxylic acids is 1. The van der Waals surface area contributed by atoms with Crippen LogP contribution in [0.5, 0.6) is 0 Å². The van der Waals surface area contributed by atoms with Gasteiger partial charge < -0.3 is 25.0 Å². The molecule has 2 amide bonds. The molecule has 3 aromatic rings. The molecule has 0 radical (unpaired) electrons. The summed E-state index contributed by atoms with van der Waals surface area (Å²) in [4.78, 5) is 42.1. The van der Waals surface area contributed by atoms with E-state index in [1.54, 1.807) is 23.2 Å². The minimum Gasteiger partial charge on any atom is -0.481 e. The second-order valence-electron chi connectivity index (χ2n) is 8.66. The number of hydrogen-bond donors (Lipinski definition) is 3. The number of carbonyl (C=O) groups excluding carboxylic acids is 2. The van der Waals surface area contributed by atoms with Gasteiger partial charge >= 0.3 is 5.97 Å². The van der Waals surface area contributed by atoms with Gasteiger partial charge in [-0.3, -0.25) is 14.4 Å². The number of H-pyrrole nitrogens is 1. The van der Waals surface area contributed by atoms with E-state index >= 15 is 0 Å². The molecule has 0 bridgehead atoms. The number of carbonyl (C=O) groups is 3. The van der Waals surface area contributed by atoms with Gasteiger partial charge in [0.1, 0.15) is 0 Å². The Kier molecular flexibility index (Phi) is 5.96. The summed E-state index contributed by atoms with van der Waals surface area (Å²) in [6, 6.07) is 13.0. The van der Waals surface area contributed by atoms with Crippen LogP contribution in [-0.4, -0.2) is 59.1 Å². The number of amides is 2. The Morgan fingerprint density at radius 1 is 1.14 bits per heavy atom. The number of carboxylic acid groups (broad SMARTS) is 1. The van der Waals surface area contributed by atoms with E-state index in [0.29, 0.717) is 54.4 Å². The van der Waals surface area contributed by atoms with Gasteiger partial charge in [-0.1, -0.05) is 36.4 Å². The van der Waals surface area contributed by atoms with Gasteiger partial charge in [0.15, 0.2) is 0 Å². The van der Waals surface area contributed by atoms with Crippen molar-refractivity contribution < 1.29 is 24.2 Å². The fourth-order valence-corrected chi connectivity index (χ4v) is 4.62. The van der Waals surface area contributed by atoms with Crippen LogP contribution in [-0.2, 0) is 20.7 Å². The molecule has 35 heavy (non-hydrogen) atoms. The third-order valence-electron chi connectivity index (χ3n) is 6.42. The molecule has 1 aromatic heterocycles. The number of benzene rings is 2. The third kappa shape index (κ3) is 4.36. The lowest BCUT2D eigenvalue weighted by Gasteiger charge is -2.26. The molecule has 178 valence electrons. The molecule has 8 heteroatoms. The highest BCUT2D eigenvalue weighted by Gasteiger charge is 2.28. The summed E-state index contributed by atoms with van der Waals surface area (Å²) >= 11 is 0. The van der Waals surface area contributed by atoms with Gasteiger partial charge in [0.2, 0.25) is 0 Å². The fourth-order valence-electron chi connectivity index (χ4n) is 4.62. The molecule has 3 heterocycles. The maximum atomic E-state index is 13.0. The van der Waals surface area contributed by atoms with Crippen molar-refractivity contribution in [3.63, 3.8) is 0 Å². The van der Waals surface area contributed by atoms with E-state index in [1.165, 1.54) is 0 Å². The molecule has 8 nitrogen and oxygen atoms in total. The van der Waals surface area contributed by atoms with Gasteiger partial charge in [-0.2, -0.15) is 0 Å². The first kappa shape index (κ1) is 22.6. The lowest BCUT2D eigenvalue weighted by atomic mass is 9.93. The molecule has 0 spiro atoms. The van der Waals surface area contributed by atoms with Crippen LogP contribution in [0.25, 0.3) is 22.8 Å². The molecule has 1 fully saturated rings. The number of aromatic nitrogens is 1. The second-order valence-corrected chi connectivity index (χ2v) is 8.66. The van der Waals surface area contributed by atoms with Gasteiger partial charge in [0, 0.05) is 36.2 Å². The molecule has 0 atom stereocenters.